The van der Waals surface area contributed by atoms with Gasteiger partial charge in [0.1, 0.15) is 11.6 Å². The van der Waals surface area contributed by atoms with Gasteiger partial charge < -0.3 is 0 Å². The summed E-state index contributed by atoms with van der Waals surface area (Å²) in [6, 6.07) is 37.9. The molecular formula is C43H27N11. The fourth-order valence-corrected chi connectivity index (χ4v) is 6.69. The summed E-state index contributed by atoms with van der Waals surface area (Å²) in [6.07, 6.45) is 14.2. The van der Waals surface area contributed by atoms with Crippen LogP contribution in [0, 0.1) is 0 Å². The van der Waals surface area contributed by atoms with E-state index < -0.39 is 0 Å². The van der Waals surface area contributed by atoms with Crippen molar-refractivity contribution in [3.05, 3.63) is 165 Å². The Morgan fingerprint density at radius 2 is 0.704 bits per heavy atom. The zero-order chi connectivity index (χ0) is 35.8. The maximum absolute atomic E-state index is 5.13. The molecule has 0 N–H and O–H groups in total. The molecule has 0 saturated carbocycles. The zero-order valence-electron chi connectivity index (χ0n) is 28.5. The first-order chi connectivity index (χ1) is 26.8. The molecule has 0 radical (unpaired) electrons. The Balaban J connectivity index is 1.14. The van der Waals surface area contributed by atoms with Crippen LogP contribution in [0.3, 0.4) is 0 Å². The molecule has 0 amide bonds. The molecule has 0 aliphatic carbocycles. The molecule has 10 aromatic rings. The summed E-state index contributed by atoms with van der Waals surface area (Å²) in [7, 11) is 0. The molecule has 0 bridgehead atoms. The SMILES string of the molecule is c1ccc(-c2nc(-c3ccc4c(c3)nc(-c3ccncc3)n4-c3ccncc3)nc(-c3ccc4c(c3)nc(-c3ccncc3)n4-c3ccncc3)n2)cc1. The van der Waals surface area contributed by atoms with Gasteiger partial charge in [-0.05, 0) is 84.9 Å². The summed E-state index contributed by atoms with van der Waals surface area (Å²) in [5.74, 6) is 3.22. The molecule has 0 spiro atoms. The second-order valence-corrected chi connectivity index (χ2v) is 12.5. The third-order valence-electron chi connectivity index (χ3n) is 9.21. The van der Waals surface area contributed by atoms with Crippen LogP contribution in [0.2, 0.25) is 0 Å². The van der Waals surface area contributed by atoms with Gasteiger partial charge in [0.25, 0.3) is 0 Å². The molecule has 7 aromatic heterocycles. The molecule has 0 saturated heterocycles. The molecule has 7 heterocycles. The van der Waals surface area contributed by atoms with Crippen molar-refractivity contribution >= 4 is 22.1 Å². The number of rotatable bonds is 7. The Bertz CT molecular complexity index is 2730. The summed E-state index contributed by atoms with van der Waals surface area (Å²) in [5, 5.41) is 0. The standard InChI is InChI=1S/C43H27N11/c1-2-4-28(5-3-1)39-50-40(31-6-8-37-35(26-31)48-42(29-10-18-44-19-11-29)53(37)33-14-22-46-23-15-33)52-41(51-39)32-7-9-38-36(27-32)49-43(30-12-20-45-21-13-30)54(38)34-16-24-47-25-17-34/h1-27H. The number of hydrogen-bond acceptors (Lipinski definition) is 9. The van der Waals surface area contributed by atoms with Gasteiger partial charge in [0.15, 0.2) is 17.5 Å². The largest absolute Gasteiger partial charge is 0.292 e. The topological polar surface area (TPSA) is 126 Å². The zero-order valence-corrected chi connectivity index (χ0v) is 28.5. The summed E-state index contributed by atoms with van der Waals surface area (Å²) < 4.78 is 4.26. The van der Waals surface area contributed by atoms with Gasteiger partial charge in [-0.15, -0.1) is 0 Å². The van der Waals surface area contributed by atoms with Crippen LogP contribution in [0.15, 0.2) is 165 Å². The van der Waals surface area contributed by atoms with Crippen LogP contribution in [-0.4, -0.2) is 54.0 Å². The summed E-state index contributed by atoms with van der Waals surface area (Å²) in [5.41, 5.74) is 9.78. The van der Waals surface area contributed by atoms with Crippen molar-refractivity contribution in [3.63, 3.8) is 0 Å². The highest BCUT2D eigenvalue weighted by Crippen LogP contribution is 2.34. The number of hydrogen-bond donors (Lipinski definition) is 0. The Morgan fingerprint density at radius 3 is 1.13 bits per heavy atom. The van der Waals surface area contributed by atoms with E-state index in [2.05, 4.69) is 41.2 Å². The first kappa shape index (κ1) is 31.0. The van der Waals surface area contributed by atoms with Crippen molar-refractivity contribution in [2.24, 2.45) is 0 Å². The molecule has 10 rings (SSSR count). The molecule has 3 aromatic carbocycles. The second kappa shape index (κ2) is 13.1. The van der Waals surface area contributed by atoms with Crippen LogP contribution in [0.4, 0.5) is 0 Å². The normalized spacial score (nSPS) is 11.3. The molecular weight excluding hydrogens is 671 g/mol. The summed E-state index contributed by atoms with van der Waals surface area (Å²) >= 11 is 0. The van der Waals surface area contributed by atoms with Crippen molar-refractivity contribution in [1.82, 2.24) is 54.0 Å². The maximum atomic E-state index is 5.13. The van der Waals surface area contributed by atoms with Gasteiger partial charge in [0.05, 0.1) is 33.4 Å². The summed E-state index contributed by atoms with van der Waals surface area (Å²) in [4.78, 5) is 42.2. The van der Waals surface area contributed by atoms with Gasteiger partial charge >= 0.3 is 0 Å². The minimum atomic E-state index is 0.532. The van der Waals surface area contributed by atoms with Crippen LogP contribution >= 0.6 is 0 Å². The first-order valence-corrected chi connectivity index (χ1v) is 17.3. The number of benzene rings is 3. The van der Waals surface area contributed by atoms with E-state index in [0.717, 1.165) is 72.9 Å². The minimum Gasteiger partial charge on any atom is -0.292 e. The fraction of sp³-hybridized carbons (Fsp3) is 0. The molecule has 54 heavy (non-hydrogen) atoms. The third-order valence-corrected chi connectivity index (χ3v) is 9.21. The van der Waals surface area contributed by atoms with Gasteiger partial charge in [0.2, 0.25) is 0 Å². The Labute approximate surface area is 308 Å². The van der Waals surface area contributed by atoms with Crippen molar-refractivity contribution in [2.45, 2.75) is 0 Å². The molecule has 0 atom stereocenters. The second-order valence-electron chi connectivity index (χ2n) is 12.5. The highest BCUT2D eigenvalue weighted by molar-refractivity contribution is 5.88. The van der Waals surface area contributed by atoms with Gasteiger partial charge in [0, 0.05) is 77.4 Å². The monoisotopic (exact) mass is 697 g/mol. The van der Waals surface area contributed by atoms with E-state index in [-0.39, 0.29) is 0 Å². The molecule has 0 unspecified atom stereocenters. The number of imidazole rings is 2. The number of aromatic nitrogens is 11. The lowest BCUT2D eigenvalue weighted by Crippen LogP contribution is -2.00. The van der Waals surface area contributed by atoms with Gasteiger partial charge in [-0.25, -0.2) is 24.9 Å². The van der Waals surface area contributed by atoms with Gasteiger partial charge in [-0.2, -0.15) is 0 Å². The predicted molar refractivity (Wildman–Crippen MR) is 207 cm³/mol. The van der Waals surface area contributed by atoms with E-state index in [9.17, 15) is 0 Å². The average Bonchev–Trinajstić information content (AvgIpc) is 3.84. The Hall–Kier alpha value is -7.79. The quantitative estimate of drug-likeness (QED) is 0.161. The van der Waals surface area contributed by atoms with Crippen LogP contribution in [0.25, 0.3) is 90.4 Å². The molecule has 11 nitrogen and oxygen atoms in total. The summed E-state index contributed by atoms with van der Waals surface area (Å²) in [6.45, 7) is 0. The van der Waals surface area contributed by atoms with Crippen molar-refractivity contribution in [2.75, 3.05) is 0 Å². The van der Waals surface area contributed by atoms with Crippen LogP contribution in [0.1, 0.15) is 0 Å². The van der Waals surface area contributed by atoms with Gasteiger partial charge in [-0.1, -0.05) is 30.3 Å². The minimum absolute atomic E-state index is 0.532. The number of nitrogens with zero attached hydrogens (tertiary/aromatic N) is 11. The third kappa shape index (κ3) is 5.53. The molecule has 254 valence electrons. The van der Waals surface area contributed by atoms with Crippen molar-refractivity contribution in [1.29, 1.82) is 0 Å². The van der Waals surface area contributed by atoms with E-state index in [4.69, 9.17) is 24.9 Å². The lowest BCUT2D eigenvalue weighted by Gasteiger charge is -2.10. The van der Waals surface area contributed by atoms with Crippen LogP contribution in [-0.2, 0) is 0 Å². The molecule has 0 aliphatic heterocycles. The predicted octanol–water partition coefficient (Wildman–Crippen LogP) is 8.46. The fourth-order valence-electron chi connectivity index (χ4n) is 6.69. The Kier molecular flexibility index (Phi) is 7.50. The number of pyridine rings is 4. The first-order valence-electron chi connectivity index (χ1n) is 17.3. The Morgan fingerprint density at radius 1 is 0.315 bits per heavy atom. The van der Waals surface area contributed by atoms with Crippen molar-refractivity contribution < 1.29 is 0 Å². The average molecular weight is 698 g/mol. The molecule has 11 heteroatoms. The van der Waals surface area contributed by atoms with E-state index in [1.165, 1.54) is 0 Å². The lowest BCUT2D eigenvalue weighted by atomic mass is 10.1. The van der Waals surface area contributed by atoms with Crippen LogP contribution < -0.4 is 0 Å². The lowest BCUT2D eigenvalue weighted by molar-refractivity contribution is 1.07. The van der Waals surface area contributed by atoms with E-state index >= 15 is 0 Å². The highest BCUT2D eigenvalue weighted by Gasteiger charge is 2.20. The van der Waals surface area contributed by atoms with E-state index in [1.807, 2.05) is 103 Å². The smallest absolute Gasteiger partial charge is 0.164 e. The maximum Gasteiger partial charge on any atom is 0.164 e. The highest BCUT2D eigenvalue weighted by atomic mass is 15.1. The van der Waals surface area contributed by atoms with Gasteiger partial charge in [-0.3, -0.25) is 29.1 Å². The number of fused-ring (bicyclic) bond motifs is 2. The van der Waals surface area contributed by atoms with E-state index in [1.54, 1.807) is 49.6 Å². The molecule has 0 fully saturated rings. The molecule has 0 aliphatic rings. The van der Waals surface area contributed by atoms with Crippen LogP contribution in [0.5, 0.6) is 0 Å². The van der Waals surface area contributed by atoms with E-state index in [0.29, 0.717) is 17.5 Å². The van der Waals surface area contributed by atoms with Crippen molar-refractivity contribution in [3.8, 4) is 68.3 Å².